The summed E-state index contributed by atoms with van der Waals surface area (Å²) < 4.78 is 0. The SMILES string of the molecule is C=C[CH2-].O=[C-]O.[Ni+2]. The molecule has 3 heteroatoms. The van der Waals surface area contributed by atoms with E-state index in [0.717, 1.165) is 0 Å². The molecule has 0 fully saturated rings. The molecule has 44 valence electrons. The second-order valence-corrected chi connectivity index (χ2v) is 0.380. The fraction of sp³-hybridized carbons (Fsp3) is 0. The van der Waals surface area contributed by atoms with Crippen molar-refractivity contribution in [2.45, 2.75) is 0 Å². The van der Waals surface area contributed by atoms with Gasteiger partial charge in [-0.3, -0.25) is 0 Å². The van der Waals surface area contributed by atoms with Gasteiger partial charge in [-0.1, -0.05) is 6.47 Å². The van der Waals surface area contributed by atoms with Crippen molar-refractivity contribution in [1.29, 1.82) is 0 Å². The van der Waals surface area contributed by atoms with E-state index in [2.05, 4.69) is 13.5 Å². The number of hydrogen-bond acceptors (Lipinski definition) is 1. The fourth-order valence-corrected chi connectivity index (χ4v) is 0. The Morgan fingerprint density at radius 2 is 1.86 bits per heavy atom. The summed E-state index contributed by atoms with van der Waals surface area (Å²) in [6, 6.07) is 0. The van der Waals surface area contributed by atoms with Crippen molar-refractivity contribution >= 4 is 6.47 Å². The molecule has 1 N–H and O–H groups in total. The first-order valence-electron chi connectivity index (χ1n) is 1.24. The van der Waals surface area contributed by atoms with Crippen LogP contribution in [0.4, 0.5) is 0 Å². The molecule has 0 aromatic heterocycles. The molecule has 0 aliphatic rings. The van der Waals surface area contributed by atoms with Crippen molar-refractivity contribution < 1.29 is 26.4 Å². The van der Waals surface area contributed by atoms with Crippen molar-refractivity contribution in [2.75, 3.05) is 0 Å². The third-order valence-corrected chi connectivity index (χ3v) is 0. The molecule has 0 unspecified atom stereocenters. The average Bonchev–Trinajstić information content (AvgIpc) is 1.39. The van der Waals surface area contributed by atoms with Gasteiger partial charge in [0.25, 0.3) is 0 Å². The monoisotopic (exact) mass is 144 g/mol. The van der Waals surface area contributed by atoms with Gasteiger partial charge in [-0.25, -0.2) is 19.6 Å². The molecule has 0 atom stereocenters. The van der Waals surface area contributed by atoms with E-state index in [1.54, 1.807) is 0 Å². The van der Waals surface area contributed by atoms with Gasteiger partial charge in [-0.15, -0.1) is 0 Å². The van der Waals surface area contributed by atoms with Gasteiger partial charge in [0.15, 0.2) is 0 Å². The molecule has 0 aliphatic carbocycles. The maximum Gasteiger partial charge on any atom is 2.00 e. The van der Waals surface area contributed by atoms with Crippen LogP contribution in [0.5, 0.6) is 0 Å². The fourth-order valence-electron chi connectivity index (χ4n) is 0. The van der Waals surface area contributed by atoms with Gasteiger partial charge in [0.2, 0.25) is 0 Å². The van der Waals surface area contributed by atoms with Crippen LogP contribution in [-0.2, 0) is 21.3 Å². The summed E-state index contributed by atoms with van der Waals surface area (Å²) in [5, 5.41) is 6.76. The Morgan fingerprint density at radius 3 is 1.86 bits per heavy atom. The summed E-state index contributed by atoms with van der Waals surface area (Å²) in [7, 11) is 0. The summed E-state index contributed by atoms with van der Waals surface area (Å²) in [6.45, 7) is 7.00. The minimum Gasteiger partial charge on any atom is -0.665 e. The smallest absolute Gasteiger partial charge is 0.665 e. The molecule has 0 aromatic carbocycles. The van der Waals surface area contributed by atoms with Crippen LogP contribution in [0.25, 0.3) is 0 Å². The van der Waals surface area contributed by atoms with Crippen LogP contribution in [0.2, 0.25) is 0 Å². The van der Waals surface area contributed by atoms with Gasteiger partial charge in [0, 0.05) is 0 Å². The Kier molecular flexibility index (Phi) is 108. The minimum absolute atomic E-state index is 0. The topological polar surface area (TPSA) is 37.3 Å². The molecule has 0 rings (SSSR count). The number of hydrogen-bond donors (Lipinski definition) is 1. The predicted molar refractivity (Wildman–Crippen MR) is 23.9 cm³/mol. The van der Waals surface area contributed by atoms with Crippen LogP contribution >= 0.6 is 0 Å². The van der Waals surface area contributed by atoms with Crippen molar-refractivity contribution in [3.63, 3.8) is 0 Å². The van der Waals surface area contributed by atoms with Gasteiger partial charge in [0.1, 0.15) is 0 Å². The Balaban J connectivity index is -0.0000000400. The van der Waals surface area contributed by atoms with Gasteiger partial charge in [-0.2, -0.15) is 0 Å². The molecule has 0 aliphatic heterocycles. The molecule has 0 heterocycles. The van der Waals surface area contributed by atoms with E-state index in [4.69, 9.17) is 9.90 Å². The summed E-state index contributed by atoms with van der Waals surface area (Å²) >= 11 is 0. The van der Waals surface area contributed by atoms with Gasteiger partial charge < -0.3 is 9.90 Å². The van der Waals surface area contributed by atoms with E-state index in [1.165, 1.54) is 6.08 Å². The van der Waals surface area contributed by atoms with Crippen molar-refractivity contribution in [2.24, 2.45) is 0 Å². The molecule has 0 amide bonds. The van der Waals surface area contributed by atoms with Crippen LogP contribution in [0, 0.1) is 6.92 Å². The zero-order chi connectivity index (χ0) is 5.41. The van der Waals surface area contributed by atoms with Crippen molar-refractivity contribution in [1.82, 2.24) is 0 Å². The van der Waals surface area contributed by atoms with Crippen LogP contribution in [0.15, 0.2) is 12.7 Å². The first-order valence-corrected chi connectivity index (χ1v) is 1.24. The van der Waals surface area contributed by atoms with E-state index in [9.17, 15) is 0 Å². The third kappa shape index (κ3) is 391. The third-order valence-electron chi connectivity index (χ3n) is 0. The van der Waals surface area contributed by atoms with E-state index in [-0.39, 0.29) is 16.5 Å². The maximum absolute atomic E-state index is 8.24. The van der Waals surface area contributed by atoms with Crippen molar-refractivity contribution in [3.8, 4) is 0 Å². The van der Waals surface area contributed by atoms with Gasteiger partial charge in [-0.05, 0) is 0 Å². The molecule has 2 nitrogen and oxygen atoms in total. The number of aliphatic hydroxyl groups excluding tert-OH is 1. The molecule has 0 aromatic rings. The number of rotatable bonds is 0. The van der Waals surface area contributed by atoms with Crippen LogP contribution in [-0.4, -0.2) is 11.6 Å². The van der Waals surface area contributed by atoms with Crippen LogP contribution < -0.4 is 0 Å². The molecule has 0 spiro atoms. The second kappa shape index (κ2) is 47.1. The maximum atomic E-state index is 8.24. The van der Waals surface area contributed by atoms with Crippen LogP contribution in [0.3, 0.4) is 0 Å². The molecule has 0 bridgehead atoms. The van der Waals surface area contributed by atoms with E-state index in [0.29, 0.717) is 6.47 Å². The Labute approximate surface area is 53.2 Å². The Bertz CT molecular complexity index is 30.7. The zero-order valence-corrected chi connectivity index (χ0v) is 4.65. The van der Waals surface area contributed by atoms with E-state index >= 15 is 0 Å². The van der Waals surface area contributed by atoms with Crippen LogP contribution in [0.1, 0.15) is 0 Å². The second-order valence-electron chi connectivity index (χ2n) is 0.380. The van der Waals surface area contributed by atoms with E-state index < -0.39 is 0 Å². The first kappa shape index (κ1) is 16.0. The summed E-state index contributed by atoms with van der Waals surface area (Å²) in [6.07, 6.45) is 1.50. The van der Waals surface area contributed by atoms with E-state index in [1.807, 2.05) is 0 Å². The van der Waals surface area contributed by atoms with Gasteiger partial charge in [0.05, 0.1) is 0 Å². The minimum atomic E-state index is 0. The Morgan fingerprint density at radius 1 is 1.86 bits per heavy atom. The predicted octanol–water partition coefficient (Wildman–Crippen LogP) is 0.616. The number of allylic oxidation sites excluding steroid dienone is 1. The molecular formula is C4H6NiO2. The zero-order valence-electron chi connectivity index (χ0n) is 3.66. The molecule has 7 heavy (non-hydrogen) atoms. The van der Waals surface area contributed by atoms with Gasteiger partial charge >= 0.3 is 16.5 Å². The standard InChI is InChI=1S/C3H5.CHO2.Ni/c1-3-2;2-1-3;/h3H,1-2H2;(H,2,3);/q2*-1;+2. The summed E-state index contributed by atoms with van der Waals surface area (Å²) in [5.41, 5.74) is 0. The summed E-state index contributed by atoms with van der Waals surface area (Å²) in [4.78, 5) is 8.24. The largest absolute Gasteiger partial charge is 2.00 e. The molecule has 0 saturated carbocycles. The normalized spacial score (nSPS) is 3.43. The quantitative estimate of drug-likeness (QED) is 0.400. The molecule has 0 saturated heterocycles. The molecule has 0 radical (unpaired) electrons. The molecular weight excluding hydrogens is 139 g/mol. The Hall–Kier alpha value is -0.426. The average molecular weight is 145 g/mol. The first-order chi connectivity index (χ1) is 2.83. The summed E-state index contributed by atoms with van der Waals surface area (Å²) in [5.74, 6) is 0. The van der Waals surface area contributed by atoms with Crippen molar-refractivity contribution in [3.05, 3.63) is 19.6 Å².